The van der Waals surface area contributed by atoms with Crippen LogP contribution in [0.4, 0.5) is 5.95 Å². The Labute approximate surface area is 97.1 Å². The predicted octanol–water partition coefficient (Wildman–Crippen LogP) is 1.36. The fourth-order valence-corrected chi connectivity index (χ4v) is 1.79. The average Bonchev–Trinajstić information content (AvgIpc) is 2.91. The quantitative estimate of drug-likeness (QED) is 0.717. The van der Waals surface area contributed by atoms with Crippen LogP contribution in [-0.2, 0) is 6.54 Å². The molecule has 0 spiro atoms. The first kappa shape index (κ1) is 9.83. The highest BCUT2D eigenvalue weighted by Crippen LogP contribution is 2.19. The second-order valence-electron chi connectivity index (χ2n) is 3.85. The summed E-state index contributed by atoms with van der Waals surface area (Å²) in [6.07, 6.45) is 3.28. The summed E-state index contributed by atoms with van der Waals surface area (Å²) < 4.78 is 6.61. The molecule has 2 N–H and O–H groups in total. The summed E-state index contributed by atoms with van der Waals surface area (Å²) in [5.74, 6) is 0.435. The second-order valence-corrected chi connectivity index (χ2v) is 3.85. The molecule has 3 aromatic heterocycles. The number of anilines is 1. The van der Waals surface area contributed by atoms with Crippen molar-refractivity contribution in [3.05, 3.63) is 35.9 Å². The number of nitrogen functional groups attached to an aromatic ring is 1. The van der Waals surface area contributed by atoms with Crippen molar-refractivity contribution in [3.63, 3.8) is 0 Å². The lowest BCUT2D eigenvalue weighted by Gasteiger charge is -2.02. The number of imidazole rings is 1. The monoisotopic (exact) mass is 229 g/mol. The lowest BCUT2D eigenvalue weighted by Crippen LogP contribution is -2.05. The maximum atomic E-state index is 5.89. The molecule has 6 heteroatoms. The molecule has 3 rings (SSSR count). The molecule has 0 amide bonds. The van der Waals surface area contributed by atoms with Crippen molar-refractivity contribution in [2.24, 2.45) is 0 Å². The van der Waals surface area contributed by atoms with E-state index in [4.69, 9.17) is 10.3 Å². The number of aromatic nitrogens is 4. The first-order valence-corrected chi connectivity index (χ1v) is 5.22. The predicted molar refractivity (Wildman–Crippen MR) is 62.3 cm³/mol. The van der Waals surface area contributed by atoms with Gasteiger partial charge in [-0.1, -0.05) is 5.16 Å². The second kappa shape index (κ2) is 3.58. The zero-order valence-electron chi connectivity index (χ0n) is 9.29. The minimum atomic E-state index is 0.435. The highest BCUT2D eigenvalue weighted by atomic mass is 16.5. The molecule has 0 atom stereocenters. The molecule has 0 aliphatic rings. The van der Waals surface area contributed by atoms with E-state index in [9.17, 15) is 0 Å². The number of pyridine rings is 1. The summed E-state index contributed by atoms with van der Waals surface area (Å²) >= 11 is 0. The van der Waals surface area contributed by atoms with Gasteiger partial charge >= 0.3 is 0 Å². The van der Waals surface area contributed by atoms with Crippen molar-refractivity contribution in [1.82, 2.24) is 19.7 Å². The van der Waals surface area contributed by atoms with E-state index in [1.807, 2.05) is 17.6 Å². The van der Waals surface area contributed by atoms with Crippen molar-refractivity contribution < 1.29 is 4.52 Å². The third-order valence-corrected chi connectivity index (χ3v) is 2.68. The highest BCUT2D eigenvalue weighted by molar-refractivity contribution is 5.77. The summed E-state index contributed by atoms with van der Waals surface area (Å²) in [6.45, 7) is 2.49. The van der Waals surface area contributed by atoms with Crippen molar-refractivity contribution in [2.75, 3.05) is 5.73 Å². The molecule has 0 saturated heterocycles. The molecule has 0 unspecified atom stereocenters. The summed E-state index contributed by atoms with van der Waals surface area (Å²) in [6, 6.07) is 3.70. The molecule has 0 radical (unpaired) electrons. The van der Waals surface area contributed by atoms with Crippen LogP contribution >= 0.6 is 0 Å². The van der Waals surface area contributed by atoms with Gasteiger partial charge in [0.2, 0.25) is 5.95 Å². The van der Waals surface area contributed by atoms with Crippen LogP contribution in [0.5, 0.6) is 0 Å². The van der Waals surface area contributed by atoms with Crippen LogP contribution in [0.25, 0.3) is 11.2 Å². The van der Waals surface area contributed by atoms with Gasteiger partial charge in [-0.2, -0.15) is 0 Å². The number of nitrogens with zero attached hydrogens (tertiary/aromatic N) is 4. The Morgan fingerprint density at radius 1 is 1.41 bits per heavy atom. The number of hydrogen-bond acceptors (Lipinski definition) is 5. The van der Waals surface area contributed by atoms with E-state index < -0.39 is 0 Å². The van der Waals surface area contributed by atoms with Crippen LogP contribution in [0.15, 0.2) is 29.1 Å². The van der Waals surface area contributed by atoms with Crippen molar-refractivity contribution >= 4 is 17.1 Å². The molecule has 0 saturated carbocycles. The van der Waals surface area contributed by atoms with E-state index in [2.05, 4.69) is 15.1 Å². The Kier molecular flexibility index (Phi) is 2.07. The Morgan fingerprint density at radius 2 is 2.29 bits per heavy atom. The van der Waals surface area contributed by atoms with Gasteiger partial charge < -0.3 is 10.3 Å². The number of fused-ring (bicyclic) bond motifs is 1. The Hall–Kier alpha value is -2.37. The summed E-state index contributed by atoms with van der Waals surface area (Å²) in [5, 5.41) is 3.85. The van der Waals surface area contributed by atoms with E-state index in [1.54, 1.807) is 12.3 Å². The van der Waals surface area contributed by atoms with Crippen LogP contribution in [0.3, 0.4) is 0 Å². The third-order valence-electron chi connectivity index (χ3n) is 2.68. The van der Waals surface area contributed by atoms with Gasteiger partial charge in [0.05, 0.1) is 6.54 Å². The van der Waals surface area contributed by atoms with Gasteiger partial charge in [0, 0.05) is 12.3 Å². The molecule has 0 aromatic carbocycles. The highest BCUT2D eigenvalue weighted by Gasteiger charge is 2.12. The molecule has 17 heavy (non-hydrogen) atoms. The van der Waals surface area contributed by atoms with Gasteiger partial charge in [-0.15, -0.1) is 0 Å². The van der Waals surface area contributed by atoms with Crippen LogP contribution in [0.1, 0.15) is 11.3 Å². The van der Waals surface area contributed by atoms with Gasteiger partial charge in [-0.05, 0) is 18.6 Å². The first-order valence-electron chi connectivity index (χ1n) is 5.22. The van der Waals surface area contributed by atoms with E-state index in [-0.39, 0.29) is 0 Å². The molecule has 3 heterocycles. The summed E-state index contributed by atoms with van der Waals surface area (Å²) in [7, 11) is 0. The zero-order valence-corrected chi connectivity index (χ0v) is 9.29. The van der Waals surface area contributed by atoms with Gasteiger partial charge in [-0.3, -0.25) is 4.57 Å². The first-order chi connectivity index (χ1) is 8.25. The lowest BCUT2D eigenvalue weighted by molar-refractivity contribution is 0.410. The molecule has 3 aromatic rings. The minimum absolute atomic E-state index is 0.435. The molecule has 0 aliphatic carbocycles. The van der Waals surface area contributed by atoms with Gasteiger partial charge in [-0.25, -0.2) is 9.97 Å². The number of hydrogen-bond donors (Lipinski definition) is 1. The number of aryl methyl sites for hydroxylation is 1. The fourth-order valence-electron chi connectivity index (χ4n) is 1.79. The Bertz CT molecular complexity index is 656. The molecule has 0 bridgehead atoms. The molecular weight excluding hydrogens is 218 g/mol. The fraction of sp³-hybridized carbons (Fsp3) is 0.182. The molecule has 0 aliphatic heterocycles. The topological polar surface area (TPSA) is 82.8 Å². The minimum Gasteiger partial charge on any atom is -0.369 e. The van der Waals surface area contributed by atoms with Crippen LogP contribution < -0.4 is 5.73 Å². The van der Waals surface area contributed by atoms with Crippen LogP contribution in [-0.4, -0.2) is 19.7 Å². The molecule has 6 nitrogen and oxygen atoms in total. The van der Waals surface area contributed by atoms with E-state index >= 15 is 0 Å². The van der Waals surface area contributed by atoms with Crippen LogP contribution in [0.2, 0.25) is 0 Å². The molecular formula is C11H11N5O. The van der Waals surface area contributed by atoms with Gasteiger partial charge in [0.15, 0.2) is 5.65 Å². The average molecular weight is 229 g/mol. The maximum absolute atomic E-state index is 5.89. The van der Waals surface area contributed by atoms with E-state index in [1.165, 1.54) is 6.26 Å². The number of rotatable bonds is 2. The van der Waals surface area contributed by atoms with Crippen molar-refractivity contribution in [3.8, 4) is 0 Å². The standard InChI is InChI=1S/C11H11N5O/c1-7-2-4-13-10-9(7)14-11(12)16(10)6-8-3-5-17-15-8/h2-5H,6H2,1H3,(H2,12,14). The summed E-state index contributed by atoms with van der Waals surface area (Å²) in [4.78, 5) is 8.62. The third kappa shape index (κ3) is 1.54. The smallest absolute Gasteiger partial charge is 0.202 e. The van der Waals surface area contributed by atoms with E-state index in [0.717, 1.165) is 22.4 Å². The lowest BCUT2D eigenvalue weighted by atomic mass is 10.3. The summed E-state index contributed by atoms with van der Waals surface area (Å²) in [5.41, 5.74) is 9.34. The van der Waals surface area contributed by atoms with Crippen LogP contribution in [0, 0.1) is 6.92 Å². The largest absolute Gasteiger partial charge is 0.369 e. The van der Waals surface area contributed by atoms with Crippen molar-refractivity contribution in [1.29, 1.82) is 0 Å². The van der Waals surface area contributed by atoms with Crippen molar-refractivity contribution in [2.45, 2.75) is 13.5 Å². The molecule has 0 fully saturated rings. The van der Waals surface area contributed by atoms with Gasteiger partial charge in [0.25, 0.3) is 0 Å². The maximum Gasteiger partial charge on any atom is 0.202 e. The zero-order chi connectivity index (χ0) is 11.8. The Balaban J connectivity index is 2.16. The molecule has 86 valence electrons. The normalized spacial score (nSPS) is 11.1. The number of nitrogens with two attached hydrogens (primary N) is 1. The Morgan fingerprint density at radius 3 is 3.06 bits per heavy atom. The van der Waals surface area contributed by atoms with E-state index in [0.29, 0.717) is 12.5 Å². The SMILES string of the molecule is Cc1ccnc2c1nc(N)n2Cc1ccon1. The van der Waals surface area contributed by atoms with Gasteiger partial charge in [0.1, 0.15) is 17.5 Å².